The van der Waals surface area contributed by atoms with Crippen molar-refractivity contribution in [3.8, 4) is 5.75 Å². The Kier molecular flexibility index (Phi) is 4.59. The molecule has 0 atom stereocenters. The molecule has 6 nitrogen and oxygen atoms in total. The first-order valence-electron chi connectivity index (χ1n) is 5.67. The summed E-state index contributed by atoms with van der Waals surface area (Å²) in [6, 6.07) is 6.92. The van der Waals surface area contributed by atoms with Crippen LogP contribution in [0.2, 0.25) is 0 Å². The number of aryl methyl sites for hydroxylation is 1. The first-order valence-corrected chi connectivity index (χ1v) is 6.86. The highest BCUT2D eigenvalue weighted by atomic mass is 32.1. The van der Waals surface area contributed by atoms with Gasteiger partial charge in [0.15, 0.2) is 0 Å². The number of benzene rings is 1. The maximum atomic E-state index is 12.0. The molecule has 0 aliphatic heterocycles. The van der Waals surface area contributed by atoms with E-state index in [1.807, 2.05) is 0 Å². The summed E-state index contributed by atoms with van der Waals surface area (Å²) in [6.07, 6.45) is 0. The van der Waals surface area contributed by atoms with Crippen LogP contribution in [0.5, 0.6) is 5.75 Å². The van der Waals surface area contributed by atoms with Crippen molar-refractivity contribution < 1.29 is 9.53 Å². The molecule has 2 rings (SSSR count). The van der Waals surface area contributed by atoms with Gasteiger partial charge in [-0.05, 0) is 42.7 Å². The highest BCUT2D eigenvalue weighted by Crippen LogP contribution is 2.17. The summed E-state index contributed by atoms with van der Waals surface area (Å²) in [7, 11) is 0. The van der Waals surface area contributed by atoms with Crippen molar-refractivity contribution in [3.05, 3.63) is 34.8 Å². The zero-order chi connectivity index (χ0) is 14.5. The van der Waals surface area contributed by atoms with Gasteiger partial charge < -0.3 is 15.8 Å². The Balaban J connectivity index is 1.99. The molecule has 20 heavy (non-hydrogen) atoms. The van der Waals surface area contributed by atoms with Gasteiger partial charge in [-0.15, -0.1) is 5.10 Å². The predicted molar refractivity (Wildman–Crippen MR) is 81.3 cm³/mol. The van der Waals surface area contributed by atoms with Gasteiger partial charge in [0.1, 0.15) is 22.2 Å². The lowest BCUT2D eigenvalue weighted by molar-refractivity contribution is 0.103. The van der Waals surface area contributed by atoms with Gasteiger partial charge in [0, 0.05) is 5.69 Å². The van der Waals surface area contributed by atoms with E-state index in [9.17, 15) is 4.79 Å². The van der Waals surface area contributed by atoms with E-state index in [2.05, 4.69) is 14.9 Å². The van der Waals surface area contributed by atoms with Crippen LogP contribution in [0.15, 0.2) is 24.3 Å². The molecular formula is C12H12N4O2S2. The number of carbonyl (C=O) groups is 1. The summed E-state index contributed by atoms with van der Waals surface area (Å²) in [5.41, 5.74) is 6.62. The molecular weight excluding hydrogens is 296 g/mol. The lowest BCUT2D eigenvalue weighted by atomic mass is 10.3. The van der Waals surface area contributed by atoms with E-state index in [1.165, 1.54) is 0 Å². The number of anilines is 1. The van der Waals surface area contributed by atoms with Crippen molar-refractivity contribution in [2.24, 2.45) is 5.73 Å². The molecule has 2 aromatic rings. The highest BCUT2D eigenvalue weighted by Gasteiger charge is 2.13. The van der Waals surface area contributed by atoms with Crippen LogP contribution >= 0.6 is 23.8 Å². The smallest absolute Gasteiger partial charge is 0.269 e. The minimum atomic E-state index is -0.227. The maximum Gasteiger partial charge on any atom is 0.269 e. The number of hydrogen-bond donors (Lipinski definition) is 2. The number of nitrogens with zero attached hydrogens (tertiary/aromatic N) is 2. The SMILES string of the molecule is Cc1nnsc1C(=O)Nc1ccc(OCC(N)=S)cc1. The molecule has 0 saturated carbocycles. The number of ether oxygens (including phenoxy) is 1. The number of thiocarbonyl (C=S) groups is 1. The number of nitrogens with two attached hydrogens (primary N) is 1. The molecule has 104 valence electrons. The average Bonchev–Trinajstić information content (AvgIpc) is 2.84. The third kappa shape index (κ3) is 3.72. The molecule has 0 radical (unpaired) electrons. The van der Waals surface area contributed by atoms with Crippen molar-refractivity contribution in [1.82, 2.24) is 9.59 Å². The number of carbonyl (C=O) groups excluding carboxylic acids is 1. The van der Waals surface area contributed by atoms with Gasteiger partial charge in [-0.1, -0.05) is 16.7 Å². The molecule has 1 amide bonds. The molecule has 0 saturated heterocycles. The van der Waals surface area contributed by atoms with Gasteiger partial charge in [-0.3, -0.25) is 4.79 Å². The Bertz CT molecular complexity index is 625. The second kappa shape index (κ2) is 6.40. The molecule has 0 bridgehead atoms. The summed E-state index contributed by atoms with van der Waals surface area (Å²) in [5.74, 6) is 0.403. The van der Waals surface area contributed by atoms with E-state index in [0.717, 1.165) is 11.5 Å². The van der Waals surface area contributed by atoms with Crippen LogP contribution in [0.25, 0.3) is 0 Å². The van der Waals surface area contributed by atoms with Gasteiger partial charge >= 0.3 is 0 Å². The van der Waals surface area contributed by atoms with Crippen molar-refractivity contribution in [1.29, 1.82) is 0 Å². The topological polar surface area (TPSA) is 90.1 Å². The number of aromatic nitrogens is 2. The third-order valence-electron chi connectivity index (χ3n) is 2.35. The highest BCUT2D eigenvalue weighted by molar-refractivity contribution is 7.80. The van der Waals surface area contributed by atoms with Crippen LogP contribution in [0.4, 0.5) is 5.69 Å². The van der Waals surface area contributed by atoms with E-state index in [4.69, 9.17) is 22.7 Å². The van der Waals surface area contributed by atoms with Gasteiger partial charge in [-0.2, -0.15) is 0 Å². The summed E-state index contributed by atoms with van der Waals surface area (Å²) in [5, 5.41) is 6.56. The lowest BCUT2D eigenvalue weighted by Gasteiger charge is -2.07. The second-order valence-electron chi connectivity index (χ2n) is 3.92. The van der Waals surface area contributed by atoms with Crippen LogP contribution in [0.1, 0.15) is 15.4 Å². The van der Waals surface area contributed by atoms with Gasteiger partial charge in [0.2, 0.25) is 0 Å². The number of hydrogen-bond acceptors (Lipinski definition) is 6. The molecule has 3 N–H and O–H groups in total. The molecule has 8 heteroatoms. The third-order valence-corrected chi connectivity index (χ3v) is 3.30. The van der Waals surface area contributed by atoms with Crippen LogP contribution in [0.3, 0.4) is 0 Å². The van der Waals surface area contributed by atoms with Crippen molar-refractivity contribution in [2.75, 3.05) is 11.9 Å². The van der Waals surface area contributed by atoms with Gasteiger partial charge in [-0.25, -0.2) is 0 Å². The number of rotatable bonds is 5. The molecule has 0 aliphatic carbocycles. The Morgan fingerprint density at radius 1 is 1.45 bits per heavy atom. The quantitative estimate of drug-likeness (QED) is 0.818. The van der Waals surface area contributed by atoms with Crippen LogP contribution < -0.4 is 15.8 Å². The van der Waals surface area contributed by atoms with E-state index >= 15 is 0 Å². The van der Waals surface area contributed by atoms with E-state index in [-0.39, 0.29) is 17.5 Å². The average molecular weight is 308 g/mol. The zero-order valence-electron chi connectivity index (χ0n) is 10.6. The lowest BCUT2D eigenvalue weighted by Crippen LogP contribution is -2.17. The minimum Gasteiger partial charge on any atom is -0.487 e. The summed E-state index contributed by atoms with van der Waals surface area (Å²) < 4.78 is 9.05. The van der Waals surface area contributed by atoms with E-state index in [0.29, 0.717) is 22.0 Å². The van der Waals surface area contributed by atoms with Crippen LogP contribution in [-0.4, -0.2) is 27.1 Å². The standard InChI is InChI=1S/C12H12N4O2S2/c1-7-11(20-16-15-7)12(17)14-8-2-4-9(5-3-8)18-6-10(13)19/h2-5H,6H2,1H3,(H2,13,19)(H,14,17). The molecule has 0 unspecified atom stereocenters. The number of nitrogens with one attached hydrogen (secondary N) is 1. The van der Waals surface area contributed by atoms with Gasteiger partial charge in [0.25, 0.3) is 5.91 Å². The number of amides is 1. The fourth-order valence-corrected chi connectivity index (χ4v) is 2.03. The zero-order valence-corrected chi connectivity index (χ0v) is 12.3. The Labute approximate surface area is 125 Å². The first-order chi connectivity index (χ1) is 9.56. The summed E-state index contributed by atoms with van der Waals surface area (Å²) in [6.45, 7) is 1.93. The van der Waals surface area contributed by atoms with Crippen molar-refractivity contribution in [2.45, 2.75) is 6.92 Å². The fourth-order valence-electron chi connectivity index (χ4n) is 1.42. The molecule has 0 spiro atoms. The van der Waals surface area contributed by atoms with E-state index < -0.39 is 0 Å². The Hall–Kier alpha value is -2.06. The molecule has 1 heterocycles. The Morgan fingerprint density at radius 2 is 2.15 bits per heavy atom. The van der Waals surface area contributed by atoms with Crippen LogP contribution in [0, 0.1) is 6.92 Å². The largest absolute Gasteiger partial charge is 0.487 e. The predicted octanol–water partition coefficient (Wildman–Crippen LogP) is 1.76. The molecule has 1 aromatic heterocycles. The van der Waals surface area contributed by atoms with Crippen molar-refractivity contribution in [3.63, 3.8) is 0 Å². The van der Waals surface area contributed by atoms with Crippen molar-refractivity contribution >= 4 is 40.3 Å². The molecule has 1 aromatic carbocycles. The molecule has 0 aliphatic rings. The Morgan fingerprint density at radius 3 is 2.70 bits per heavy atom. The maximum absolute atomic E-state index is 12.0. The monoisotopic (exact) mass is 308 g/mol. The normalized spacial score (nSPS) is 10.1. The first kappa shape index (κ1) is 14.4. The van der Waals surface area contributed by atoms with Gasteiger partial charge in [0.05, 0.1) is 5.69 Å². The molecule has 0 fully saturated rings. The van der Waals surface area contributed by atoms with Crippen LogP contribution in [-0.2, 0) is 0 Å². The fraction of sp³-hybridized carbons (Fsp3) is 0.167. The minimum absolute atomic E-state index is 0.187. The second-order valence-corrected chi connectivity index (χ2v) is 5.20. The summed E-state index contributed by atoms with van der Waals surface area (Å²) >= 11 is 5.79. The van der Waals surface area contributed by atoms with E-state index in [1.54, 1.807) is 31.2 Å². The summed E-state index contributed by atoms with van der Waals surface area (Å²) in [4.78, 5) is 12.7.